The maximum Gasteiger partial charge on any atom is 0.136 e. The monoisotopic (exact) mass is 586 g/mol. The first-order valence-corrected chi connectivity index (χ1v) is 16.1. The van der Waals surface area contributed by atoms with Gasteiger partial charge in [-0.1, -0.05) is 123 Å². The van der Waals surface area contributed by atoms with Gasteiger partial charge in [0.15, 0.2) is 0 Å². The van der Waals surface area contributed by atoms with Gasteiger partial charge in [-0.3, -0.25) is 0 Å². The molecule has 0 saturated heterocycles. The maximum absolute atomic E-state index is 6.45. The van der Waals surface area contributed by atoms with E-state index in [4.69, 9.17) is 4.42 Å². The Bertz CT molecular complexity index is 2720. The van der Waals surface area contributed by atoms with E-state index in [-0.39, 0.29) is 5.41 Å². The average Bonchev–Trinajstić information content (AvgIpc) is 3.58. The quantitative estimate of drug-likeness (QED) is 0.196. The Labute approximate surface area is 267 Å². The van der Waals surface area contributed by atoms with Crippen molar-refractivity contribution in [2.45, 2.75) is 19.3 Å². The van der Waals surface area contributed by atoms with E-state index in [9.17, 15) is 0 Å². The Balaban J connectivity index is 1.22. The first-order chi connectivity index (χ1) is 22.5. The number of fused-ring (bicyclic) bond motifs is 10. The summed E-state index contributed by atoms with van der Waals surface area (Å²) < 4.78 is 6.45. The van der Waals surface area contributed by atoms with Crippen LogP contribution in [0.3, 0.4) is 0 Å². The molecule has 0 saturated carbocycles. The normalized spacial score (nSPS) is 13.6. The summed E-state index contributed by atoms with van der Waals surface area (Å²) in [6.45, 7) is 4.81. The van der Waals surface area contributed by atoms with Crippen LogP contribution in [0.25, 0.3) is 87.6 Å². The molecule has 9 aromatic rings. The SMILES string of the molecule is CC1(C)c2cc(-c3cccc4oc5cc6ccccc6cc5c34)ccc2-c2c1c(-c1ccc3ccccc3c1)cc1ccccc21. The van der Waals surface area contributed by atoms with Crippen LogP contribution in [0.5, 0.6) is 0 Å². The zero-order valence-electron chi connectivity index (χ0n) is 25.8. The molecule has 0 atom stereocenters. The van der Waals surface area contributed by atoms with E-state index in [2.05, 4.69) is 159 Å². The van der Waals surface area contributed by atoms with Crippen molar-refractivity contribution < 1.29 is 4.42 Å². The van der Waals surface area contributed by atoms with Crippen LogP contribution in [-0.2, 0) is 5.41 Å². The zero-order chi connectivity index (χ0) is 30.6. The summed E-state index contributed by atoms with van der Waals surface area (Å²) in [5, 5.41) is 9.90. The van der Waals surface area contributed by atoms with Gasteiger partial charge in [0.05, 0.1) is 0 Å². The van der Waals surface area contributed by atoms with Crippen molar-refractivity contribution in [3.63, 3.8) is 0 Å². The molecule has 0 radical (unpaired) electrons. The van der Waals surface area contributed by atoms with Gasteiger partial charge in [0.25, 0.3) is 0 Å². The molecule has 0 bridgehead atoms. The Morgan fingerprint density at radius 2 is 1.11 bits per heavy atom. The third kappa shape index (κ3) is 3.51. The molecule has 1 aliphatic carbocycles. The van der Waals surface area contributed by atoms with Gasteiger partial charge in [-0.15, -0.1) is 0 Å². The largest absolute Gasteiger partial charge is 0.456 e. The van der Waals surface area contributed by atoms with Crippen LogP contribution < -0.4 is 0 Å². The highest BCUT2D eigenvalue weighted by Gasteiger charge is 2.39. The van der Waals surface area contributed by atoms with E-state index in [1.807, 2.05) is 0 Å². The summed E-state index contributed by atoms with van der Waals surface area (Å²) in [6, 6.07) is 53.4. The van der Waals surface area contributed by atoms with Crippen LogP contribution in [0, 0.1) is 0 Å². The van der Waals surface area contributed by atoms with Crippen LogP contribution in [-0.4, -0.2) is 0 Å². The molecule has 10 rings (SSSR count). The van der Waals surface area contributed by atoms with E-state index in [0.29, 0.717) is 0 Å². The third-order valence-electron chi connectivity index (χ3n) is 10.4. The second-order valence-electron chi connectivity index (χ2n) is 13.3. The van der Waals surface area contributed by atoms with Gasteiger partial charge in [-0.05, 0) is 113 Å². The molecular weight excluding hydrogens is 556 g/mol. The fraction of sp³-hybridized carbons (Fsp3) is 0.0667. The lowest BCUT2D eigenvalue weighted by Crippen LogP contribution is -2.16. The summed E-state index contributed by atoms with van der Waals surface area (Å²) in [6.07, 6.45) is 0. The molecule has 1 nitrogen and oxygen atoms in total. The molecule has 0 fully saturated rings. The zero-order valence-corrected chi connectivity index (χ0v) is 25.8. The number of hydrogen-bond acceptors (Lipinski definition) is 1. The molecular formula is C45H30O. The topological polar surface area (TPSA) is 13.1 Å². The molecule has 0 unspecified atom stereocenters. The standard InChI is InChI=1S/C45H30O/c1-45(2)39-25-33(34-16-9-17-40-42(34)38-23-29-12-5-6-13-30(29)26-41(38)46-40)20-21-36(39)43-35-15-8-7-14-31(35)24-37(44(43)45)32-19-18-27-10-3-4-11-28(27)22-32/h3-26H,1-2H3. The molecule has 216 valence electrons. The summed E-state index contributed by atoms with van der Waals surface area (Å²) >= 11 is 0. The van der Waals surface area contributed by atoms with E-state index in [1.54, 1.807) is 0 Å². The summed E-state index contributed by atoms with van der Waals surface area (Å²) in [5.74, 6) is 0. The van der Waals surface area contributed by atoms with Gasteiger partial charge >= 0.3 is 0 Å². The molecule has 0 aliphatic heterocycles. The second kappa shape index (κ2) is 9.19. The van der Waals surface area contributed by atoms with Crippen molar-refractivity contribution in [3.05, 3.63) is 157 Å². The highest BCUT2D eigenvalue weighted by Crippen LogP contribution is 2.56. The van der Waals surface area contributed by atoms with Gasteiger partial charge in [0, 0.05) is 16.2 Å². The van der Waals surface area contributed by atoms with Crippen molar-refractivity contribution in [3.8, 4) is 33.4 Å². The summed E-state index contributed by atoms with van der Waals surface area (Å²) in [4.78, 5) is 0. The van der Waals surface area contributed by atoms with Crippen LogP contribution in [0.2, 0.25) is 0 Å². The molecule has 1 aromatic heterocycles. The molecule has 1 aliphatic rings. The molecule has 0 amide bonds. The number of hydrogen-bond donors (Lipinski definition) is 0. The van der Waals surface area contributed by atoms with Gasteiger partial charge in [0.1, 0.15) is 11.2 Å². The van der Waals surface area contributed by atoms with Crippen molar-refractivity contribution in [1.82, 2.24) is 0 Å². The van der Waals surface area contributed by atoms with E-state index in [0.717, 1.165) is 16.6 Å². The molecule has 1 heteroatoms. The van der Waals surface area contributed by atoms with Crippen LogP contribution in [0.1, 0.15) is 25.0 Å². The molecule has 8 aromatic carbocycles. The molecule has 1 heterocycles. The fourth-order valence-corrected chi connectivity index (χ4v) is 8.19. The first-order valence-electron chi connectivity index (χ1n) is 16.1. The number of benzene rings is 8. The van der Waals surface area contributed by atoms with E-state index >= 15 is 0 Å². The van der Waals surface area contributed by atoms with E-state index in [1.165, 1.54) is 82.2 Å². The third-order valence-corrected chi connectivity index (χ3v) is 10.4. The highest BCUT2D eigenvalue weighted by atomic mass is 16.3. The Morgan fingerprint density at radius 1 is 0.435 bits per heavy atom. The lowest BCUT2D eigenvalue weighted by atomic mass is 9.77. The minimum absolute atomic E-state index is 0.200. The number of furan rings is 1. The predicted octanol–water partition coefficient (Wildman–Crippen LogP) is 12.7. The molecule has 46 heavy (non-hydrogen) atoms. The van der Waals surface area contributed by atoms with Gasteiger partial charge < -0.3 is 4.42 Å². The highest BCUT2D eigenvalue weighted by molar-refractivity contribution is 6.16. The minimum atomic E-state index is -0.200. The average molecular weight is 587 g/mol. The van der Waals surface area contributed by atoms with Crippen molar-refractivity contribution in [2.75, 3.05) is 0 Å². The summed E-state index contributed by atoms with van der Waals surface area (Å²) in [5.41, 5.74) is 12.1. The Kier molecular flexibility index (Phi) is 5.12. The summed E-state index contributed by atoms with van der Waals surface area (Å²) in [7, 11) is 0. The van der Waals surface area contributed by atoms with Crippen molar-refractivity contribution in [2.24, 2.45) is 0 Å². The van der Waals surface area contributed by atoms with Crippen LogP contribution in [0.15, 0.2) is 150 Å². The Morgan fingerprint density at radius 3 is 1.93 bits per heavy atom. The second-order valence-corrected chi connectivity index (χ2v) is 13.3. The first kappa shape index (κ1) is 25.6. The lowest BCUT2D eigenvalue weighted by Gasteiger charge is -2.26. The van der Waals surface area contributed by atoms with Crippen LogP contribution >= 0.6 is 0 Å². The smallest absolute Gasteiger partial charge is 0.136 e. The van der Waals surface area contributed by atoms with Crippen molar-refractivity contribution >= 4 is 54.3 Å². The van der Waals surface area contributed by atoms with Gasteiger partial charge in [-0.2, -0.15) is 0 Å². The fourth-order valence-electron chi connectivity index (χ4n) is 8.19. The van der Waals surface area contributed by atoms with Gasteiger partial charge in [0.2, 0.25) is 0 Å². The van der Waals surface area contributed by atoms with Crippen LogP contribution in [0.4, 0.5) is 0 Å². The number of rotatable bonds is 2. The van der Waals surface area contributed by atoms with Crippen molar-refractivity contribution in [1.29, 1.82) is 0 Å². The Hall–Kier alpha value is -5.66. The lowest BCUT2D eigenvalue weighted by molar-refractivity contribution is 0.663. The predicted molar refractivity (Wildman–Crippen MR) is 195 cm³/mol. The maximum atomic E-state index is 6.45. The molecule has 0 spiro atoms. The minimum Gasteiger partial charge on any atom is -0.456 e. The van der Waals surface area contributed by atoms with E-state index < -0.39 is 0 Å². The van der Waals surface area contributed by atoms with Gasteiger partial charge in [-0.25, -0.2) is 0 Å². The molecule has 0 N–H and O–H groups in total.